The van der Waals surface area contributed by atoms with Crippen molar-refractivity contribution < 1.29 is 14.7 Å². The molecule has 1 aliphatic heterocycles. The van der Waals surface area contributed by atoms with Crippen LogP contribution in [0.2, 0.25) is 0 Å². The largest absolute Gasteiger partial charge is 0.476 e. The van der Waals surface area contributed by atoms with E-state index in [-0.39, 0.29) is 17.6 Å². The molecule has 1 saturated heterocycles. The second kappa shape index (κ2) is 4.87. The summed E-state index contributed by atoms with van der Waals surface area (Å²) in [5.41, 5.74) is -0.0906. The molecule has 1 N–H and O–H groups in total. The van der Waals surface area contributed by atoms with Crippen molar-refractivity contribution in [2.45, 2.75) is 18.9 Å². The molecule has 0 unspecified atom stereocenters. The molecule has 1 aromatic rings. The fourth-order valence-electron chi connectivity index (χ4n) is 1.72. The van der Waals surface area contributed by atoms with Gasteiger partial charge in [0.05, 0.1) is 12.2 Å². The molecule has 94 valence electrons. The lowest BCUT2D eigenvalue weighted by Crippen LogP contribution is -2.50. The van der Waals surface area contributed by atoms with Crippen LogP contribution in [0.3, 0.4) is 0 Å². The standard InChI is InChI=1S/C11H12N4O3/c1-2-3-4-10(16)14-5-8(6-14)15-7-9(11(17)18)12-13-15/h1,7-8H,3-6H2,(H,17,18). The van der Waals surface area contributed by atoms with E-state index in [1.54, 1.807) is 4.90 Å². The molecule has 0 saturated carbocycles. The second-order valence-electron chi connectivity index (χ2n) is 4.05. The van der Waals surface area contributed by atoms with Crippen LogP contribution < -0.4 is 0 Å². The summed E-state index contributed by atoms with van der Waals surface area (Å²) < 4.78 is 1.48. The second-order valence-corrected chi connectivity index (χ2v) is 4.05. The fraction of sp³-hybridized carbons (Fsp3) is 0.455. The summed E-state index contributed by atoms with van der Waals surface area (Å²) in [5.74, 6) is 1.33. The number of aromatic carboxylic acids is 1. The van der Waals surface area contributed by atoms with Crippen molar-refractivity contribution in [2.75, 3.05) is 13.1 Å². The Balaban J connectivity index is 1.87. The molecule has 2 heterocycles. The van der Waals surface area contributed by atoms with Gasteiger partial charge in [0, 0.05) is 25.9 Å². The molecule has 1 amide bonds. The van der Waals surface area contributed by atoms with E-state index in [1.807, 2.05) is 0 Å². The zero-order valence-corrected chi connectivity index (χ0v) is 9.61. The van der Waals surface area contributed by atoms with Gasteiger partial charge in [0.2, 0.25) is 5.91 Å². The quantitative estimate of drug-likeness (QED) is 0.744. The first kappa shape index (κ1) is 12.1. The third-order valence-electron chi connectivity index (χ3n) is 2.80. The first-order valence-corrected chi connectivity index (χ1v) is 5.48. The Bertz CT molecular complexity index is 511. The maximum atomic E-state index is 11.6. The van der Waals surface area contributed by atoms with E-state index in [1.165, 1.54) is 10.9 Å². The molecule has 0 spiro atoms. The number of terminal acetylenes is 1. The Morgan fingerprint density at radius 3 is 2.83 bits per heavy atom. The zero-order valence-electron chi connectivity index (χ0n) is 9.61. The Morgan fingerprint density at radius 1 is 1.56 bits per heavy atom. The molecule has 0 radical (unpaired) electrons. The molecule has 7 heteroatoms. The van der Waals surface area contributed by atoms with E-state index < -0.39 is 5.97 Å². The normalized spacial score (nSPS) is 14.9. The number of likely N-dealkylation sites (tertiary alicyclic amines) is 1. The molecule has 1 aliphatic rings. The van der Waals surface area contributed by atoms with Crippen molar-refractivity contribution in [3.63, 3.8) is 0 Å². The molecule has 0 aromatic carbocycles. The van der Waals surface area contributed by atoms with Gasteiger partial charge in [0.25, 0.3) is 0 Å². The summed E-state index contributed by atoms with van der Waals surface area (Å²) in [6.45, 7) is 1.04. The monoisotopic (exact) mass is 248 g/mol. The van der Waals surface area contributed by atoms with Gasteiger partial charge in [0.1, 0.15) is 0 Å². The molecule has 0 aliphatic carbocycles. The van der Waals surface area contributed by atoms with Crippen molar-refractivity contribution in [3.8, 4) is 12.3 Å². The molecule has 2 rings (SSSR count). The van der Waals surface area contributed by atoms with Crippen LogP contribution in [0.15, 0.2) is 6.20 Å². The highest BCUT2D eigenvalue weighted by atomic mass is 16.4. The number of carbonyl (C=O) groups excluding carboxylic acids is 1. The van der Waals surface area contributed by atoms with E-state index in [4.69, 9.17) is 11.5 Å². The average Bonchev–Trinajstić information content (AvgIpc) is 2.73. The smallest absolute Gasteiger partial charge is 0.358 e. The summed E-state index contributed by atoms with van der Waals surface area (Å²) >= 11 is 0. The number of carboxylic acid groups (broad SMARTS) is 1. The highest BCUT2D eigenvalue weighted by Crippen LogP contribution is 2.21. The van der Waals surface area contributed by atoms with Crippen molar-refractivity contribution >= 4 is 11.9 Å². The fourth-order valence-corrected chi connectivity index (χ4v) is 1.72. The van der Waals surface area contributed by atoms with Gasteiger partial charge in [-0.2, -0.15) is 0 Å². The number of hydrogen-bond acceptors (Lipinski definition) is 4. The zero-order chi connectivity index (χ0) is 13.1. The SMILES string of the molecule is C#CCCC(=O)N1CC(n2cc(C(=O)O)nn2)C1. The molecule has 0 atom stereocenters. The van der Waals surface area contributed by atoms with Crippen LogP contribution >= 0.6 is 0 Å². The predicted octanol–water partition coefficient (Wildman–Crippen LogP) is -0.227. The van der Waals surface area contributed by atoms with E-state index in [2.05, 4.69) is 16.2 Å². The lowest BCUT2D eigenvalue weighted by atomic mass is 10.1. The first-order valence-electron chi connectivity index (χ1n) is 5.48. The van der Waals surface area contributed by atoms with Crippen LogP contribution in [0.1, 0.15) is 29.4 Å². The number of carboxylic acids is 1. The number of aromatic nitrogens is 3. The summed E-state index contributed by atoms with van der Waals surface area (Å²) in [5, 5.41) is 16.0. The maximum absolute atomic E-state index is 11.6. The average molecular weight is 248 g/mol. The first-order chi connectivity index (χ1) is 8.61. The third-order valence-corrected chi connectivity index (χ3v) is 2.80. The molecule has 1 aromatic heterocycles. The molecule has 1 fully saturated rings. The summed E-state index contributed by atoms with van der Waals surface area (Å²) in [7, 11) is 0. The minimum Gasteiger partial charge on any atom is -0.476 e. The van der Waals surface area contributed by atoms with Crippen molar-refractivity contribution in [1.82, 2.24) is 19.9 Å². The van der Waals surface area contributed by atoms with E-state index in [0.717, 1.165) is 0 Å². The molecule has 7 nitrogen and oxygen atoms in total. The number of carbonyl (C=O) groups is 2. The Hall–Kier alpha value is -2.36. The number of amides is 1. The minimum atomic E-state index is -1.11. The number of nitrogens with zero attached hydrogens (tertiary/aromatic N) is 4. The highest BCUT2D eigenvalue weighted by molar-refractivity contribution is 5.84. The molecular weight excluding hydrogens is 236 g/mol. The third kappa shape index (κ3) is 2.32. The van der Waals surface area contributed by atoms with Crippen LogP contribution in [0.4, 0.5) is 0 Å². The number of rotatable bonds is 4. The van der Waals surface area contributed by atoms with Gasteiger partial charge in [0.15, 0.2) is 5.69 Å². The van der Waals surface area contributed by atoms with E-state index in [0.29, 0.717) is 25.9 Å². The van der Waals surface area contributed by atoms with E-state index in [9.17, 15) is 9.59 Å². The van der Waals surface area contributed by atoms with Crippen LogP contribution in [-0.2, 0) is 4.79 Å². The minimum absolute atomic E-state index is 0.000357. The Kier molecular flexibility index (Phi) is 3.28. The molecule has 18 heavy (non-hydrogen) atoms. The topological polar surface area (TPSA) is 88.3 Å². The molecular formula is C11H12N4O3. The highest BCUT2D eigenvalue weighted by Gasteiger charge is 2.32. The lowest BCUT2D eigenvalue weighted by molar-refractivity contribution is -0.137. The Morgan fingerprint density at radius 2 is 2.28 bits per heavy atom. The Labute approximate surface area is 103 Å². The van der Waals surface area contributed by atoms with Gasteiger partial charge in [-0.15, -0.1) is 17.4 Å². The maximum Gasteiger partial charge on any atom is 0.358 e. The van der Waals surface area contributed by atoms with Gasteiger partial charge < -0.3 is 10.0 Å². The van der Waals surface area contributed by atoms with Crippen LogP contribution in [0, 0.1) is 12.3 Å². The van der Waals surface area contributed by atoms with Crippen LogP contribution in [0.5, 0.6) is 0 Å². The van der Waals surface area contributed by atoms with Gasteiger partial charge >= 0.3 is 5.97 Å². The van der Waals surface area contributed by atoms with Gasteiger partial charge in [-0.05, 0) is 0 Å². The van der Waals surface area contributed by atoms with Crippen molar-refractivity contribution in [1.29, 1.82) is 0 Å². The predicted molar refractivity (Wildman–Crippen MR) is 60.7 cm³/mol. The molecule has 0 bridgehead atoms. The summed E-state index contributed by atoms with van der Waals surface area (Å²) in [6.07, 6.45) is 7.24. The van der Waals surface area contributed by atoms with Gasteiger partial charge in [-0.3, -0.25) is 4.79 Å². The summed E-state index contributed by atoms with van der Waals surface area (Å²) in [6, 6.07) is 0.000357. The number of hydrogen-bond donors (Lipinski definition) is 1. The van der Waals surface area contributed by atoms with Gasteiger partial charge in [-0.25, -0.2) is 9.48 Å². The summed E-state index contributed by atoms with van der Waals surface area (Å²) in [4.78, 5) is 23.9. The van der Waals surface area contributed by atoms with Crippen molar-refractivity contribution in [3.05, 3.63) is 11.9 Å². The van der Waals surface area contributed by atoms with Crippen molar-refractivity contribution in [2.24, 2.45) is 0 Å². The van der Waals surface area contributed by atoms with Crippen LogP contribution in [-0.4, -0.2) is 50.0 Å². The van der Waals surface area contributed by atoms with Crippen LogP contribution in [0.25, 0.3) is 0 Å². The van der Waals surface area contributed by atoms with E-state index >= 15 is 0 Å². The van der Waals surface area contributed by atoms with Gasteiger partial charge in [-0.1, -0.05) is 5.21 Å². The lowest BCUT2D eigenvalue weighted by Gasteiger charge is -2.38.